The molecule has 4 heteroatoms. The molecule has 2 nitrogen and oxygen atoms in total. The van der Waals surface area contributed by atoms with Crippen LogP contribution in [0, 0.1) is 11.6 Å². The Kier molecular flexibility index (Phi) is 3.90. The molecule has 0 atom stereocenters. The Morgan fingerprint density at radius 1 is 1.11 bits per heavy atom. The maximum Gasteiger partial charge on any atom is 0.196 e. The van der Waals surface area contributed by atoms with Crippen LogP contribution in [-0.2, 0) is 0 Å². The topological polar surface area (TPSA) is 26.3 Å². The van der Waals surface area contributed by atoms with E-state index in [0.29, 0.717) is 12.4 Å². The van der Waals surface area contributed by atoms with Crippen molar-refractivity contribution in [3.8, 4) is 5.75 Å². The van der Waals surface area contributed by atoms with Crippen molar-refractivity contribution in [2.24, 2.45) is 0 Å². The van der Waals surface area contributed by atoms with Gasteiger partial charge >= 0.3 is 0 Å². The number of hydrogen-bond acceptors (Lipinski definition) is 2. The van der Waals surface area contributed by atoms with E-state index in [2.05, 4.69) is 0 Å². The third kappa shape index (κ3) is 2.78. The fraction of sp³-hybridized carbons (Fsp3) is 0.133. The molecular weight excluding hydrogens is 250 g/mol. The van der Waals surface area contributed by atoms with Crippen LogP contribution in [0.2, 0.25) is 0 Å². The highest BCUT2D eigenvalue weighted by Crippen LogP contribution is 2.18. The lowest BCUT2D eigenvalue weighted by Crippen LogP contribution is -2.05. The lowest BCUT2D eigenvalue weighted by Gasteiger charge is -2.05. The van der Waals surface area contributed by atoms with E-state index < -0.39 is 17.4 Å². The van der Waals surface area contributed by atoms with Gasteiger partial charge in [0.05, 0.1) is 12.2 Å². The number of halogens is 2. The molecule has 0 spiro atoms. The summed E-state index contributed by atoms with van der Waals surface area (Å²) in [4.78, 5) is 12.0. The van der Waals surface area contributed by atoms with Gasteiger partial charge in [-0.15, -0.1) is 0 Å². The van der Waals surface area contributed by atoms with Gasteiger partial charge in [-0.05, 0) is 43.3 Å². The summed E-state index contributed by atoms with van der Waals surface area (Å²) in [5.41, 5.74) is 0.0112. The van der Waals surface area contributed by atoms with E-state index in [1.165, 1.54) is 24.3 Å². The van der Waals surface area contributed by atoms with Gasteiger partial charge in [0, 0.05) is 5.56 Å². The standard InChI is InChI=1S/C15H12F2O2/c1-2-19-11-8-6-10(7-9-11)15(18)12-4-3-5-13(16)14(12)17/h3-9H,2H2,1H3. The molecule has 0 bridgehead atoms. The van der Waals surface area contributed by atoms with Crippen LogP contribution in [0.1, 0.15) is 22.8 Å². The summed E-state index contributed by atoms with van der Waals surface area (Å²) >= 11 is 0. The lowest BCUT2D eigenvalue weighted by atomic mass is 10.0. The van der Waals surface area contributed by atoms with Gasteiger partial charge in [-0.2, -0.15) is 0 Å². The SMILES string of the molecule is CCOc1ccc(C(=O)c2cccc(F)c2F)cc1. The molecule has 0 aliphatic rings. The van der Waals surface area contributed by atoms with E-state index in [-0.39, 0.29) is 11.1 Å². The smallest absolute Gasteiger partial charge is 0.196 e. The van der Waals surface area contributed by atoms with Crippen LogP contribution < -0.4 is 4.74 Å². The summed E-state index contributed by atoms with van der Waals surface area (Å²) in [6.07, 6.45) is 0. The number of carbonyl (C=O) groups excluding carboxylic acids is 1. The van der Waals surface area contributed by atoms with Gasteiger partial charge in [0.25, 0.3) is 0 Å². The highest BCUT2D eigenvalue weighted by molar-refractivity contribution is 6.09. The Balaban J connectivity index is 2.31. The molecule has 19 heavy (non-hydrogen) atoms. The molecular formula is C15H12F2O2. The van der Waals surface area contributed by atoms with Crippen LogP contribution in [0.3, 0.4) is 0 Å². The van der Waals surface area contributed by atoms with Crippen molar-refractivity contribution in [3.63, 3.8) is 0 Å². The fourth-order valence-corrected chi connectivity index (χ4v) is 1.70. The largest absolute Gasteiger partial charge is 0.494 e. The number of hydrogen-bond donors (Lipinski definition) is 0. The minimum atomic E-state index is -1.12. The highest BCUT2D eigenvalue weighted by Gasteiger charge is 2.16. The molecule has 0 heterocycles. The van der Waals surface area contributed by atoms with Crippen LogP contribution in [-0.4, -0.2) is 12.4 Å². The van der Waals surface area contributed by atoms with Crippen LogP contribution >= 0.6 is 0 Å². The van der Waals surface area contributed by atoms with Gasteiger partial charge in [0.2, 0.25) is 0 Å². The minimum absolute atomic E-state index is 0.274. The predicted octanol–water partition coefficient (Wildman–Crippen LogP) is 3.59. The molecule has 2 rings (SSSR count). The first-order chi connectivity index (χ1) is 9.13. The molecule has 0 fully saturated rings. The number of benzene rings is 2. The Morgan fingerprint density at radius 3 is 2.42 bits per heavy atom. The van der Waals surface area contributed by atoms with Gasteiger partial charge in [-0.1, -0.05) is 6.07 Å². The summed E-state index contributed by atoms with van der Waals surface area (Å²) < 4.78 is 31.8. The van der Waals surface area contributed by atoms with Gasteiger partial charge < -0.3 is 4.74 Å². The van der Waals surface area contributed by atoms with Crippen LogP contribution in [0.15, 0.2) is 42.5 Å². The third-order valence-corrected chi connectivity index (χ3v) is 2.62. The van der Waals surface area contributed by atoms with Gasteiger partial charge in [0.15, 0.2) is 17.4 Å². The average Bonchev–Trinajstić information content (AvgIpc) is 2.42. The Morgan fingerprint density at radius 2 is 1.79 bits per heavy atom. The van der Waals surface area contributed by atoms with Crippen LogP contribution in [0.5, 0.6) is 5.75 Å². The third-order valence-electron chi connectivity index (χ3n) is 2.62. The van der Waals surface area contributed by atoms with E-state index in [0.717, 1.165) is 6.07 Å². The van der Waals surface area contributed by atoms with Crippen LogP contribution in [0.25, 0.3) is 0 Å². The fourth-order valence-electron chi connectivity index (χ4n) is 1.70. The molecule has 0 N–H and O–H groups in total. The summed E-state index contributed by atoms with van der Waals surface area (Å²) in [7, 11) is 0. The number of rotatable bonds is 4. The zero-order valence-corrected chi connectivity index (χ0v) is 10.3. The zero-order valence-electron chi connectivity index (χ0n) is 10.3. The molecule has 2 aromatic rings. The Hall–Kier alpha value is -2.23. The second-order valence-corrected chi connectivity index (χ2v) is 3.89. The van der Waals surface area contributed by atoms with E-state index in [9.17, 15) is 13.6 Å². The molecule has 0 aliphatic carbocycles. The monoisotopic (exact) mass is 262 g/mol. The van der Waals surface area contributed by atoms with Crippen molar-refractivity contribution < 1.29 is 18.3 Å². The van der Waals surface area contributed by atoms with Crippen LogP contribution in [0.4, 0.5) is 8.78 Å². The molecule has 98 valence electrons. The number of ketones is 1. The summed E-state index contributed by atoms with van der Waals surface area (Å²) in [6, 6.07) is 9.83. The maximum atomic E-state index is 13.5. The molecule has 0 radical (unpaired) electrons. The summed E-state index contributed by atoms with van der Waals surface area (Å²) in [6.45, 7) is 2.37. The highest BCUT2D eigenvalue weighted by atomic mass is 19.2. The maximum absolute atomic E-state index is 13.5. The molecule has 0 aliphatic heterocycles. The normalized spacial score (nSPS) is 10.3. The van der Waals surface area contributed by atoms with Crippen molar-refractivity contribution in [1.29, 1.82) is 0 Å². The molecule has 2 aromatic carbocycles. The molecule has 0 saturated carbocycles. The second kappa shape index (κ2) is 5.61. The van der Waals surface area contributed by atoms with Gasteiger partial charge in [0.1, 0.15) is 5.75 Å². The second-order valence-electron chi connectivity index (χ2n) is 3.89. The lowest BCUT2D eigenvalue weighted by molar-refractivity contribution is 0.103. The van der Waals surface area contributed by atoms with Gasteiger partial charge in [-0.25, -0.2) is 8.78 Å². The quantitative estimate of drug-likeness (QED) is 0.787. The van der Waals surface area contributed by atoms with Crippen molar-refractivity contribution in [3.05, 3.63) is 65.2 Å². The predicted molar refractivity (Wildman–Crippen MR) is 67.4 cm³/mol. The van der Waals surface area contributed by atoms with E-state index in [4.69, 9.17) is 4.74 Å². The summed E-state index contributed by atoms with van der Waals surface area (Å²) in [5, 5.41) is 0. The van der Waals surface area contributed by atoms with E-state index in [1.807, 2.05) is 6.92 Å². The molecule has 0 unspecified atom stereocenters. The van der Waals surface area contributed by atoms with Crippen molar-refractivity contribution in [1.82, 2.24) is 0 Å². The van der Waals surface area contributed by atoms with E-state index in [1.54, 1.807) is 12.1 Å². The number of ether oxygens (including phenoxy) is 1. The Labute approximate surface area is 109 Å². The van der Waals surface area contributed by atoms with Crippen molar-refractivity contribution in [2.75, 3.05) is 6.61 Å². The molecule has 0 aromatic heterocycles. The minimum Gasteiger partial charge on any atom is -0.494 e. The van der Waals surface area contributed by atoms with Gasteiger partial charge in [-0.3, -0.25) is 4.79 Å². The van der Waals surface area contributed by atoms with Crippen molar-refractivity contribution in [2.45, 2.75) is 6.92 Å². The van der Waals surface area contributed by atoms with Crippen molar-refractivity contribution >= 4 is 5.78 Å². The summed E-state index contributed by atoms with van der Waals surface area (Å²) in [5.74, 6) is -2.09. The Bertz CT molecular complexity index is 592. The first kappa shape index (κ1) is 13.2. The first-order valence-electron chi connectivity index (χ1n) is 5.85. The zero-order chi connectivity index (χ0) is 13.8. The molecule has 0 amide bonds. The van der Waals surface area contributed by atoms with E-state index >= 15 is 0 Å². The first-order valence-corrected chi connectivity index (χ1v) is 5.85. The number of carbonyl (C=O) groups is 1. The molecule has 0 saturated heterocycles. The average molecular weight is 262 g/mol.